The van der Waals surface area contributed by atoms with E-state index in [-0.39, 0.29) is 12.6 Å². The molecule has 2 N–H and O–H groups in total. The zero-order valence-corrected chi connectivity index (χ0v) is 12.7. The summed E-state index contributed by atoms with van der Waals surface area (Å²) in [6, 6.07) is 8.59. The first-order chi connectivity index (χ1) is 11.1. The molecule has 0 atom stereocenters. The maximum Gasteiger partial charge on any atom is 0.319 e. The molecule has 0 fully saturated rings. The van der Waals surface area contributed by atoms with Crippen LogP contribution >= 0.6 is 0 Å². The third-order valence-electron chi connectivity index (χ3n) is 3.04. The van der Waals surface area contributed by atoms with Crippen molar-refractivity contribution in [3.63, 3.8) is 0 Å². The Balaban J connectivity index is 1.69. The molecular formula is C15H15N5O3. The number of carbonyl (C=O) groups is 1. The Morgan fingerprint density at radius 2 is 2.04 bits per heavy atom. The fourth-order valence-corrected chi connectivity index (χ4v) is 2.02. The predicted octanol–water partition coefficient (Wildman–Crippen LogP) is 2.66. The Morgan fingerprint density at radius 3 is 2.74 bits per heavy atom. The maximum atomic E-state index is 12.0. The Hall–Kier alpha value is -3.16. The van der Waals surface area contributed by atoms with Crippen LogP contribution in [0, 0.1) is 13.8 Å². The molecule has 0 saturated heterocycles. The van der Waals surface area contributed by atoms with Gasteiger partial charge < -0.3 is 19.6 Å². The van der Waals surface area contributed by atoms with Crippen molar-refractivity contribution in [3.8, 4) is 11.5 Å². The minimum absolute atomic E-state index is 0.269. The molecule has 0 spiro atoms. The van der Waals surface area contributed by atoms with E-state index < -0.39 is 0 Å². The van der Waals surface area contributed by atoms with Gasteiger partial charge >= 0.3 is 6.03 Å². The minimum atomic E-state index is -0.366. The van der Waals surface area contributed by atoms with Gasteiger partial charge in [-0.15, -0.1) is 10.2 Å². The Kier molecular flexibility index (Phi) is 4.05. The van der Waals surface area contributed by atoms with E-state index in [1.807, 2.05) is 12.1 Å². The second-order valence-corrected chi connectivity index (χ2v) is 4.91. The molecule has 2 heterocycles. The van der Waals surface area contributed by atoms with Crippen molar-refractivity contribution in [2.45, 2.75) is 20.4 Å². The number of benzene rings is 1. The van der Waals surface area contributed by atoms with Gasteiger partial charge in [-0.05, 0) is 19.1 Å². The van der Waals surface area contributed by atoms with E-state index in [1.54, 1.807) is 32.0 Å². The van der Waals surface area contributed by atoms with Crippen molar-refractivity contribution < 1.29 is 13.7 Å². The first kappa shape index (κ1) is 14.8. The highest BCUT2D eigenvalue weighted by molar-refractivity contribution is 5.93. The third kappa shape index (κ3) is 3.54. The highest BCUT2D eigenvalue weighted by Crippen LogP contribution is 2.26. The second kappa shape index (κ2) is 6.30. The lowest BCUT2D eigenvalue weighted by Crippen LogP contribution is -2.28. The van der Waals surface area contributed by atoms with Crippen molar-refractivity contribution in [2.75, 3.05) is 5.32 Å². The van der Waals surface area contributed by atoms with Crippen LogP contribution in [0.2, 0.25) is 0 Å². The van der Waals surface area contributed by atoms with E-state index in [0.717, 1.165) is 0 Å². The highest BCUT2D eigenvalue weighted by atomic mass is 16.5. The summed E-state index contributed by atoms with van der Waals surface area (Å²) in [6.07, 6.45) is 0. The van der Waals surface area contributed by atoms with Crippen molar-refractivity contribution in [3.05, 3.63) is 47.7 Å². The van der Waals surface area contributed by atoms with Crippen LogP contribution in [-0.2, 0) is 6.54 Å². The van der Waals surface area contributed by atoms with Crippen LogP contribution in [0.4, 0.5) is 10.5 Å². The van der Waals surface area contributed by atoms with Crippen LogP contribution in [0.1, 0.15) is 17.3 Å². The molecule has 8 heteroatoms. The van der Waals surface area contributed by atoms with E-state index in [1.165, 1.54) is 0 Å². The molecule has 0 unspecified atom stereocenters. The molecule has 23 heavy (non-hydrogen) atoms. The molecule has 2 aromatic heterocycles. The number of aryl methyl sites for hydroxylation is 2. The summed E-state index contributed by atoms with van der Waals surface area (Å²) in [5.41, 5.74) is 1.88. The van der Waals surface area contributed by atoms with Gasteiger partial charge in [0.25, 0.3) is 0 Å². The molecule has 0 bridgehead atoms. The molecule has 0 aliphatic carbocycles. The van der Waals surface area contributed by atoms with Gasteiger partial charge in [0.1, 0.15) is 11.5 Å². The van der Waals surface area contributed by atoms with Crippen molar-refractivity contribution in [2.24, 2.45) is 0 Å². The van der Waals surface area contributed by atoms with Gasteiger partial charge in [-0.25, -0.2) is 4.79 Å². The largest absolute Gasteiger partial charge is 0.421 e. The topological polar surface area (TPSA) is 106 Å². The lowest BCUT2D eigenvalue weighted by Gasteiger charge is -2.09. The van der Waals surface area contributed by atoms with Crippen LogP contribution in [0.15, 0.2) is 39.3 Å². The number of hydrogen-bond donors (Lipinski definition) is 2. The molecule has 8 nitrogen and oxygen atoms in total. The monoisotopic (exact) mass is 313 g/mol. The molecule has 118 valence electrons. The van der Waals surface area contributed by atoms with Gasteiger partial charge in [-0.2, -0.15) is 0 Å². The zero-order chi connectivity index (χ0) is 16.2. The summed E-state index contributed by atoms with van der Waals surface area (Å²) in [6.45, 7) is 3.77. The van der Waals surface area contributed by atoms with Crippen LogP contribution < -0.4 is 10.6 Å². The zero-order valence-electron chi connectivity index (χ0n) is 12.7. The summed E-state index contributed by atoms with van der Waals surface area (Å²) >= 11 is 0. The number of nitrogens with one attached hydrogen (secondary N) is 2. The smallest absolute Gasteiger partial charge is 0.319 e. The average molecular weight is 313 g/mol. The quantitative estimate of drug-likeness (QED) is 0.767. The molecular weight excluding hydrogens is 298 g/mol. The predicted molar refractivity (Wildman–Crippen MR) is 81.6 cm³/mol. The summed E-state index contributed by atoms with van der Waals surface area (Å²) < 4.78 is 10.4. The second-order valence-electron chi connectivity index (χ2n) is 4.91. The number of nitrogens with zero attached hydrogens (tertiary/aromatic N) is 3. The third-order valence-corrected chi connectivity index (χ3v) is 3.04. The van der Waals surface area contributed by atoms with Gasteiger partial charge in [-0.3, -0.25) is 0 Å². The number of aromatic nitrogens is 3. The number of carbonyl (C=O) groups excluding carboxylic acids is 1. The number of para-hydroxylation sites is 1. The molecule has 3 rings (SSSR count). The molecule has 0 aliphatic heterocycles. The molecule has 2 amide bonds. The summed E-state index contributed by atoms with van der Waals surface area (Å²) in [5, 5.41) is 17.0. The molecule has 3 aromatic rings. The minimum Gasteiger partial charge on any atom is -0.421 e. The highest BCUT2D eigenvalue weighted by Gasteiger charge is 2.13. The number of urea groups is 1. The lowest BCUT2D eigenvalue weighted by molar-refractivity contribution is 0.251. The van der Waals surface area contributed by atoms with Gasteiger partial charge in [0, 0.05) is 13.0 Å². The average Bonchev–Trinajstić information content (AvgIpc) is 3.14. The first-order valence-corrected chi connectivity index (χ1v) is 6.98. The molecule has 0 saturated carbocycles. The van der Waals surface area contributed by atoms with Crippen molar-refractivity contribution in [1.29, 1.82) is 0 Å². The van der Waals surface area contributed by atoms with E-state index in [9.17, 15) is 4.79 Å². The van der Waals surface area contributed by atoms with Crippen molar-refractivity contribution >= 4 is 11.7 Å². The van der Waals surface area contributed by atoms with Crippen LogP contribution in [0.5, 0.6) is 0 Å². The van der Waals surface area contributed by atoms with Gasteiger partial charge in [-0.1, -0.05) is 17.3 Å². The van der Waals surface area contributed by atoms with Gasteiger partial charge in [0.15, 0.2) is 0 Å². The van der Waals surface area contributed by atoms with E-state index >= 15 is 0 Å². The van der Waals surface area contributed by atoms with Gasteiger partial charge in [0.05, 0.1) is 17.8 Å². The van der Waals surface area contributed by atoms with Gasteiger partial charge in [0.2, 0.25) is 11.8 Å². The number of anilines is 1. The summed E-state index contributed by atoms with van der Waals surface area (Å²) in [4.78, 5) is 12.0. The fourth-order valence-electron chi connectivity index (χ4n) is 2.02. The normalized spacial score (nSPS) is 10.5. The summed E-state index contributed by atoms with van der Waals surface area (Å²) in [7, 11) is 0. The first-order valence-electron chi connectivity index (χ1n) is 6.98. The number of rotatable bonds is 4. The Morgan fingerprint density at radius 1 is 1.22 bits per heavy atom. The Bertz CT molecular complexity index is 824. The molecule has 0 radical (unpaired) electrons. The van der Waals surface area contributed by atoms with E-state index in [2.05, 4.69) is 26.0 Å². The van der Waals surface area contributed by atoms with Crippen LogP contribution in [-0.4, -0.2) is 21.4 Å². The molecule has 1 aromatic carbocycles. The molecule has 0 aliphatic rings. The van der Waals surface area contributed by atoms with Crippen LogP contribution in [0.3, 0.4) is 0 Å². The SMILES string of the molecule is Cc1cc(CNC(=O)Nc2ccccc2-c2nnc(C)o2)no1. The van der Waals surface area contributed by atoms with E-state index in [4.69, 9.17) is 8.94 Å². The Labute approximate surface area is 131 Å². The number of hydrogen-bond acceptors (Lipinski definition) is 6. The summed E-state index contributed by atoms with van der Waals surface area (Å²) in [5.74, 6) is 1.51. The van der Waals surface area contributed by atoms with Crippen molar-refractivity contribution in [1.82, 2.24) is 20.7 Å². The standard InChI is InChI=1S/C15H15N5O3/c1-9-7-11(20-23-9)8-16-15(21)17-13-6-4-3-5-12(13)14-19-18-10(2)22-14/h3-7H,8H2,1-2H3,(H2,16,17,21). The lowest BCUT2D eigenvalue weighted by atomic mass is 10.2. The number of amides is 2. The maximum absolute atomic E-state index is 12.0. The fraction of sp³-hybridized carbons (Fsp3) is 0.200. The van der Waals surface area contributed by atoms with Crippen LogP contribution in [0.25, 0.3) is 11.5 Å². The van der Waals surface area contributed by atoms with E-state index in [0.29, 0.717) is 34.5 Å².